The van der Waals surface area contributed by atoms with E-state index < -0.39 is 68.8 Å². The highest BCUT2D eigenvalue weighted by Gasteiger charge is 2.52. The van der Waals surface area contributed by atoms with Gasteiger partial charge in [-0.1, -0.05) is 11.6 Å². The number of ether oxygens (including phenoxy) is 1. The lowest BCUT2D eigenvalue weighted by molar-refractivity contribution is -0.144. The van der Waals surface area contributed by atoms with Crippen molar-refractivity contribution >= 4 is 39.0 Å². The van der Waals surface area contributed by atoms with Gasteiger partial charge >= 0.3 is 12.1 Å². The van der Waals surface area contributed by atoms with Crippen molar-refractivity contribution in [2.24, 2.45) is 5.41 Å². The molecule has 1 aliphatic carbocycles. The number of carboxylic acid groups (broad SMARTS) is 1. The fourth-order valence-corrected chi connectivity index (χ4v) is 6.12. The average molecular weight is 597 g/mol. The Morgan fingerprint density at radius 2 is 1.77 bits per heavy atom. The van der Waals surface area contributed by atoms with Crippen LogP contribution in [0.15, 0.2) is 41.3 Å². The molecule has 0 aromatic heterocycles. The van der Waals surface area contributed by atoms with Gasteiger partial charge in [0.2, 0.25) is 15.9 Å². The highest BCUT2D eigenvalue weighted by atomic mass is 35.5. The van der Waals surface area contributed by atoms with Crippen LogP contribution in [0, 0.1) is 5.41 Å². The molecule has 1 aliphatic heterocycles. The summed E-state index contributed by atoms with van der Waals surface area (Å²) in [6.45, 7) is -0.0951. The van der Waals surface area contributed by atoms with Crippen LogP contribution in [0.4, 0.5) is 33.3 Å². The molecule has 0 bridgehead atoms. The molecule has 4 rings (SSSR count). The maximum atomic E-state index is 14.2. The zero-order valence-corrected chi connectivity index (χ0v) is 22.5. The Morgan fingerprint density at radius 3 is 2.28 bits per heavy atom. The van der Waals surface area contributed by atoms with E-state index in [1.54, 1.807) is 0 Å². The summed E-state index contributed by atoms with van der Waals surface area (Å²) < 4.78 is 104. The first kappa shape index (κ1) is 29.3. The molecule has 0 radical (unpaired) electrons. The third kappa shape index (κ3) is 6.09. The SMILES string of the molecule is CN1[C@H](CCC(C)(F)F)CN(c2ccc(Cl)cc2)c2cc(C(F)(F)F)c(OCC3(C(=O)O)CC3)cc2S1(=O)=O. The number of hydrogen-bond donors (Lipinski definition) is 1. The summed E-state index contributed by atoms with van der Waals surface area (Å²) in [4.78, 5) is 12.3. The van der Waals surface area contributed by atoms with Gasteiger partial charge in [-0.05, 0) is 56.5 Å². The third-order valence-corrected chi connectivity index (χ3v) is 9.28. The topological polar surface area (TPSA) is 87.2 Å². The van der Waals surface area contributed by atoms with Crippen LogP contribution in [-0.2, 0) is 21.0 Å². The van der Waals surface area contributed by atoms with Crippen molar-refractivity contribution in [3.63, 3.8) is 0 Å². The van der Waals surface area contributed by atoms with Crippen molar-refractivity contribution in [2.45, 2.75) is 55.6 Å². The number of carboxylic acids is 1. The molecule has 1 N–H and O–H groups in total. The Morgan fingerprint density at radius 1 is 1.15 bits per heavy atom. The second kappa shape index (κ2) is 10.1. The van der Waals surface area contributed by atoms with Gasteiger partial charge in [0.1, 0.15) is 22.7 Å². The molecule has 0 spiro atoms. The Labute approximate surface area is 227 Å². The van der Waals surface area contributed by atoms with E-state index in [-0.39, 0.29) is 31.5 Å². The Kier molecular flexibility index (Phi) is 7.58. The van der Waals surface area contributed by atoms with Crippen molar-refractivity contribution in [2.75, 3.05) is 25.1 Å². The fraction of sp³-hybridized carbons (Fsp3) is 0.480. The molecule has 7 nitrogen and oxygen atoms in total. The van der Waals surface area contributed by atoms with Crippen LogP contribution in [0.25, 0.3) is 0 Å². The summed E-state index contributed by atoms with van der Waals surface area (Å²) in [5, 5.41) is 9.73. The molecule has 1 heterocycles. The first-order chi connectivity index (χ1) is 17.9. The predicted octanol–water partition coefficient (Wildman–Crippen LogP) is 6.18. The van der Waals surface area contributed by atoms with E-state index in [2.05, 4.69) is 0 Å². The number of benzene rings is 2. The standard InChI is InChI=1S/C25H26ClF5N2O5S/c1-23(27,28)8-7-17-13-33(16-5-3-15(26)4-6-16)19-11-18(25(29,30)31)20(12-21(19)39(36,37)32(17)2)38-14-24(9-10-24)22(34)35/h3-6,11-12,17H,7-10,13-14H2,1-2H3,(H,34,35)/t17-/m1/s1. The summed E-state index contributed by atoms with van der Waals surface area (Å²) in [7, 11) is -3.32. The van der Waals surface area contributed by atoms with Crippen molar-refractivity contribution in [3.8, 4) is 5.75 Å². The van der Waals surface area contributed by atoms with Crippen LogP contribution in [0.1, 0.15) is 38.2 Å². The summed E-state index contributed by atoms with van der Waals surface area (Å²) in [6.07, 6.45) is -5.48. The van der Waals surface area contributed by atoms with Crippen LogP contribution in [-0.4, -0.2) is 56.0 Å². The summed E-state index contributed by atoms with van der Waals surface area (Å²) in [5.74, 6) is -5.15. The monoisotopic (exact) mass is 596 g/mol. The molecule has 1 saturated carbocycles. The van der Waals surface area contributed by atoms with Crippen molar-refractivity contribution in [3.05, 3.63) is 47.0 Å². The lowest BCUT2D eigenvalue weighted by atomic mass is 10.1. The van der Waals surface area contributed by atoms with Gasteiger partial charge in [-0.3, -0.25) is 4.79 Å². The zero-order chi connectivity index (χ0) is 29.0. The summed E-state index contributed by atoms with van der Waals surface area (Å²) in [6, 6.07) is 6.26. The third-order valence-electron chi connectivity index (χ3n) is 7.09. The van der Waals surface area contributed by atoms with Gasteiger partial charge in [0.15, 0.2) is 0 Å². The minimum Gasteiger partial charge on any atom is -0.492 e. The number of carbonyl (C=O) groups is 1. The molecule has 0 unspecified atom stereocenters. The van der Waals surface area contributed by atoms with Gasteiger partial charge < -0.3 is 14.7 Å². The molecular formula is C25H26ClF5N2O5S. The fourth-order valence-electron chi connectivity index (χ4n) is 4.43. The lowest BCUT2D eigenvalue weighted by Crippen LogP contribution is -2.41. The number of sulfonamides is 1. The lowest BCUT2D eigenvalue weighted by Gasteiger charge is -2.30. The van der Waals surface area contributed by atoms with Gasteiger partial charge in [0.25, 0.3) is 0 Å². The van der Waals surface area contributed by atoms with Gasteiger partial charge in [-0.25, -0.2) is 17.2 Å². The molecule has 14 heteroatoms. The normalized spacial score (nSPS) is 20.7. The zero-order valence-electron chi connectivity index (χ0n) is 20.9. The average Bonchev–Trinajstić information content (AvgIpc) is 3.63. The van der Waals surface area contributed by atoms with E-state index in [0.29, 0.717) is 23.7 Å². The highest BCUT2D eigenvalue weighted by molar-refractivity contribution is 7.89. The first-order valence-corrected chi connectivity index (χ1v) is 13.8. The second-order valence-corrected chi connectivity index (χ2v) is 12.5. The molecule has 1 atom stereocenters. The van der Waals surface area contributed by atoms with Crippen LogP contribution in [0.5, 0.6) is 5.75 Å². The van der Waals surface area contributed by atoms with E-state index in [9.17, 15) is 40.3 Å². The number of alkyl halides is 5. The minimum absolute atomic E-state index is 0.212. The van der Waals surface area contributed by atoms with Gasteiger partial charge in [-0.15, -0.1) is 0 Å². The van der Waals surface area contributed by atoms with Crippen molar-refractivity contribution in [1.82, 2.24) is 4.31 Å². The summed E-state index contributed by atoms with van der Waals surface area (Å²) in [5.41, 5.74) is -2.66. The van der Waals surface area contributed by atoms with Gasteiger partial charge in [-0.2, -0.15) is 17.5 Å². The molecule has 2 aromatic carbocycles. The van der Waals surface area contributed by atoms with E-state index in [4.69, 9.17) is 16.3 Å². The Hall–Kier alpha value is -2.64. The van der Waals surface area contributed by atoms with E-state index in [1.165, 1.54) is 36.2 Å². The predicted molar refractivity (Wildman–Crippen MR) is 133 cm³/mol. The Balaban J connectivity index is 1.88. The number of aliphatic carboxylic acids is 1. The summed E-state index contributed by atoms with van der Waals surface area (Å²) >= 11 is 5.97. The van der Waals surface area contributed by atoms with Crippen LogP contribution < -0.4 is 9.64 Å². The smallest absolute Gasteiger partial charge is 0.420 e. The molecular weight excluding hydrogens is 571 g/mol. The van der Waals surface area contributed by atoms with E-state index in [0.717, 1.165) is 10.4 Å². The molecule has 2 aromatic rings. The number of anilines is 2. The number of hydrogen-bond acceptors (Lipinski definition) is 5. The minimum atomic E-state index is -4.98. The highest BCUT2D eigenvalue weighted by Crippen LogP contribution is 2.49. The number of nitrogens with zero attached hydrogens (tertiary/aromatic N) is 2. The number of fused-ring (bicyclic) bond motifs is 1. The van der Waals surface area contributed by atoms with Crippen LogP contribution in [0.3, 0.4) is 0 Å². The molecule has 2 aliphatic rings. The largest absolute Gasteiger partial charge is 0.492 e. The van der Waals surface area contributed by atoms with Crippen LogP contribution in [0.2, 0.25) is 5.02 Å². The molecule has 0 amide bonds. The van der Waals surface area contributed by atoms with E-state index >= 15 is 0 Å². The van der Waals surface area contributed by atoms with Crippen molar-refractivity contribution in [1.29, 1.82) is 0 Å². The maximum absolute atomic E-state index is 14.2. The number of halogens is 6. The van der Waals surface area contributed by atoms with Gasteiger partial charge in [0.05, 0.1) is 11.3 Å². The maximum Gasteiger partial charge on any atom is 0.420 e. The Bertz CT molecular complexity index is 1360. The van der Waals surface area contributed by atoms with E-state index in [1.807, 2.05) is 0 Å². The molecule has 0 saturated heterocycles. The van der Waals surface area contributed by atoms with Crippen molar-refractivity contribution < 1.29 is 45.0 Å². The quantitative estimate of drug-likeness (QED) is 0.366. The molecule has 39 heavy (non-hydrogen) atoms. The number of rotatable bonds is 8. The number of likely N-dealkylation sites (N-methyl/N-ethyl adjacent to an activating group) is 1. The molecule has 214 valence electrons. The first-order valence-electron chi connectivity index (χ1n) is 12.0. The van der Waals surface area contributed by atoms with Gasteiger partial charge in [0, 0.05) is 42.8 Å². The second-order valence-electron chi connectivity index (χ2n) is 10.1. The van der Waals surface area contributed by atoms with Crippen LogP contribution >= 0.6 is 11.6 Å². The molecule has 1 fully saturated rings.